The predicted molar refractivity (Wildman–Crippen MR) is 71.7 cm³/mol. The van der Waals surface area contributed by atoms with Gasteiger partial charge in [-0.3, -0.25) is 0 Å². The quantitative estimate of drug-likeness (QED) is 0.650. The van der Waals surface area contributed by atoms with E-state index in [0.29, 0.717) is 12.4 Å². The zero-order valence-electron chi connectivity index (χ0n) is 10.7. The molecular formula is C15H18O3. The van der Waals surface area contributed by atoms with E-state index in [0.717, 1.165) is 16.3 Å². The van der Waals surface area contributed by atoms with E-state index in [2.05, 4.69) is 0 Å². The molecule has 2 aromatic carbocycles. The maximum absolute atomic E-state index is 9.80. The van der Waals surface area contributed by atoms with Gasteiger partial charge in [-0.25, -0.2) is 0 Å². The van der Waals surface area contributed by atoms with Gasteiger partial charge in [-0.15, -0.1) is 0 Å². The third kappa shape index (κ3) is 2.63. The van der Waals surface area contributed by atoms with E-state index in [9.17, 15) is 5.11 Å². The first-order chi connectivity index (χ1) is 8.74. The summed E-state index contributed by atoms with van der Waals surface area (Å²) in [5.41, 5.74) is 0.786. The largest absolute Gasteiger partial charge is 0.467 e. The number of fused-ring (bicyclic) bond motifs is 1. The van der Waals surface area contributed by atoms with Gasteiger partial charge in [-0.1, -0.05) is 36.4 Å². The van der Waals surface area contributed by atoms with Crippen molar-refractivity contribution in [2.75, 3.05) is 13.4 Å². The van der Waals surface area contributed by atoms with Gasteiger partial charge in [0, 0.05) is 17.6 Å². The number of ether oxygens (including phenoxy) is 2. The normalized spacial score (nSPS) is 12.6. The molecular weight excluding hydrogens is 228 g/mol. The van der Waals surface area contributed by atoms with Crippen LogP contribution < -0.4 is 4.74 Å². The van der Waals surface area contributed by atoms with Crippen LogP contribution in [0.4, 0.5) is 0 Å². The molecule has 1 atom stereocenters. The molecule has 18 heavy (non-hydrogen) atoms. The molecule has 0 aliphatic heterocycles. The number of hydrogen-bond acceptors (Lipinski definition) is 3. The molecule has 0 fully saturated rings. The van der Waals surface area contributed by atoms with E-state index in [1.807, 2.05) is 43.3 Å². The first-order valence-corrected chi connectivity index (χ1v) is 6.14. The Hall–Kier alpha value is -1.58. The lowest BCUT2D eigenvalue weighted by Crippen LogP contribution is -2.06. The Morgan fingerprint density at radius 2 is 1.94 bits per heavy atom. The van der Waals surface area contributed by atoms with E-state index in [-0.39, 0.29) is 6.79 Å². The van der Waals surface area contributed by atoms with Crippen molar-refractivity contribution in [3.63, 3.8) is 0 Å². The second-order valence-electron chi connectivity index (χ2n) is 4.14. The van der Waals surface area contributed by atoms with Crippen molar-refractivity contribution in [1.82, 2.24) is 0 Å². The average molecular weight is 246 g/mol. The summed E-state index contributed by atoms with van der Waals surface area (Å²) in [6.45, 7) is 4.46. The highest BCUT2D eigenvalue weighted by molar-refractivity contribution is 5.89. The van der Waals surface area contributed by atoms with E-state index in [4.69, 9.17) is 9.47 Å². The second-order valence-corrected chi connectivity index (χ2v) is 4.14. The summed E-state index contributed by atoms with van der Waals surface area (Å²) in [6.07, 6.45) is -0.564. The molecule has 0 amide bonds. The van der Waals surface area contributed by atoms with Crippen molar-refractivity contribution in [3.8, 4) is 5.75 Å². The lowest BCUT2D eigenvalue weighted by molar-refractivity contribution is 0.0214. The molecule has 0 bridgehead atoms. The molecule has 0 radical (unpaired) electrons. The number of hydrogen-bond donors (Lipinski definition) is 1. The van der Waals surface area contributed by atoms with Crippen LogP contribution in [0.25, 0.3) is 10.8 Å². The Morgan fingerprint density at radius 1 is 1.17 bits per heavy atom. The van der Waals surface area contributed by atoms with E-state index < -0.39 is 6.10 Å². The molecule has 1 unspecified atom stereocenters. The lowest BCUT2D eigenvalue weighted by Gasteiger charge is -2.15. The Morgan fingerprint density at radius 3 is 2.67 bits per heavy atom. The molecule has 2 rings (SSSR count). The number of aliphatic hydroxyl groups excluding tert-OH is 1. The molecule has 1 N–H and O–H groups in total. The average Bonchev–Trinajstić information content (AvgIpc) is 2.38. The van der Waals surface area contributed by atoms with Crippen molar-refractivity contribution < 1.29 is 14.6 Å². The summed E-state index contributed by atoms with van der Waals surface area (Å²) < 4.78 is 10.9. The van der Waals surface area contributed by atoms with Gasteiger partial charge in [0.15, 0.2) is 6.79 Å². The summed E-state index contributed by atoms with van der Waals surface area (Å²) >= 11 is 0. The van der Waals surface area contributed by atoms with Gasteiger partial charge >= 0.3 is 0 Å². The molecule has 0 aliphatic rings. The second kappa shape index (κ2) is 5.85. The summed E-state index contributed by atoms with van der Waals surface area (Å²) in [7, 11) is 0. The summed E-state index contributed by atoms with van der Waals surface area (Å²) in [5.74, 6) is 0.705. The van der Waals surface area contributed by atoms with Gasteiger partial charge in [0.25, 0.3) is 0 Å². The molecule has 0 saturated carbocycles. The molecule has 0 heterocycles. The third-order valence-corrected chi connectivity index (χ3v) is 2.85. The monoisotopic (exact) mass is 246 g/mol. The van der Waals surface area contributed by atoms with Crippen molar-refractivity contribution in [2.24, 2.45) is 0 Å². The first-order valence-electron chi connectivity index (χ1n) is 6.14. The Kier molecular flexibility index (Phi) is 4.18. The number of benzene rings is 2. The molecule has 0 aliphatic carbocycles. The predicted octanol–water partition coefficient (Wildman–Crippen LogP) is 3.27. The van der Waals surface area contributed by atoms with Crippen LogP contribution in [0.15, 0.2) is 36.4 Å². The van der Waals surface area contributed by atoms with Crippen molar-refractivity contribution in [1.29, 1.82) is 0 Å². The molecule has 2 aromatic rings. The maximum atomic E-state index is 9.80. The SMILES string of the molecule is CCOCOc1c(C(C)O)ccc2ccccc12. The Balaban J connectivity index is 2.45. The summed E-state index contributed by atoms with van der Waals surface area (Å²) in [4.78, 5) is 0. The van der Waals surface area contributed by atoms with Gasteiger partial charge in [-0.2, -0.15) is 0 Å². The fraction of sp³-hybridized carbons (Fsp3) is 0.333. The zero-order chi connectivity index (χ0) is 13.0. The van der Waals surface area contributed by atoms with E-state index in [1.54, 1.807) is 6.92 Å². The standard InChI is InChI=1S/C15H18O3/c1-3-17-10-18-15-13(11(2)16)9-8-12-6-4-5-7-14(12)15/h4-9,11,16H,3,10H2,1-2H3. The highest BCUT2D eigenvalue weighted by Gasteiger charge is 2.12. The van der Waals surface area contributed by atoms with E-state index in [1.165, 1.54) is 0 Å². The maximum Gasteiger partial charge on any atom is 0.189 e. The van der Waals surface area contributed by atoms with Crippen molar-refractivity contribution in [3.05, 3.63) is 42.0 Å². The van der Waals surface area contributed by atoms with Crippen molar-refractivity contribution in [2.45, 2.75) is 20.0 Å². The van der Waals surface area contributed by atoms with Gasteiger partial charge in [0.1, 0.15) is 5.75 Å². The highest BCUT2D eigenvalue weighted by Crippen LogP contribution is 2.33. The highest BCUT2D eigenvalue weighted by atomic mass is 16.7. The minimum atomic E-state index is -0.564. The Bertz CT molecular complexity index is 520. The number of aliphatic hydroxyl groups is 1. The molecule has 3 heteroatoms. The topological polar surface area (TPSA) is 38.7 Å². The smallest absolute Gasteiger partial charge is 0.189 e. The van der Waals surface area contributed by atoms with Gasteiger partial charge in [0.2, 0.25) is 0 Å². The number of rotatable bonds is 5. The minimum absolute atomic E-state index is 0.199. The van der Waals surface area contributed by atoms with Crippen LogP contribution in [0, 0.1) is 0 Å². The molecule has 0 saturated heterocycles. The first kappa shape index (κ1) is 12.9. The Labute approximate surface area is 107 Å². The zero-order valence-corrected chi connectivity index (χ0v) is 10.7. The molecule has 96 valence electrons. The fourth-order valence-corrected chi connectivity index (χ4v) is 1.93. The van der Waals surface area contributed by atoms with Gasteiger partial charge in [-0.05, 0) is 19.2 Å². The van der Waals surface area contributed by atoms with Gasteiger partial charge < -0.3 is 14.6 Å². The van der Waals surface area contributed by atoms with E-state index >= 15 is 0 Å². The minimum Gasteiger partial charge on any atom is -0.467 e. The molecule has 0 spiro atoms. The third-order valence-electron chi connectivity index (χ3n) is 2.85. The van der Waals surface area contributed by atoms with Crippen LogP contribution >= 0.6 is 0 Å². The van der Waals surface area contributed by atoms with Crippen LogP contribution in [0.2, 0.25) is 0 Å². The van der Waals surface area contributed by atoms with Crippen LogP contribution in [0.5, 0.6) is 5.75 Å². The summed E-state index contributed by atoms with van der Waals surface area (Å²) in [6, 6.07) is 11.8. The summed E-state index contributed by atoms with van der Waals surface area (Å²) in [5, 5.41) is 11.9. The molecule has 0 aromatic heterocycles. The van der Waals surface area contributed by atoms with Crippen LogP contribution in [-0.2, 0) is 4.74 Å². The van der Waals surface area contributed by atoms with Crippen molar-refractivity contribution >= 4 is 10.8 Å². The van der Waals surface area contributed by atoms with Crippen LogP contribution in [0.1, 0.15) is 25.5 Å². The van der Waals surface area contributed by atoms with Gasteiger partial charge in [0.05, 0.1) is 6.10 Å². The molecule has 3 nitrogen and oxygen atoms in total. The van der Waals surface area contributed by atoms with Crippen LogP contribution in [0.3, 0.4) is 0 Å². The fourth-order valence-electron chi connectivity index (χ4n) is 1.93. The van der Waals surface area contributed by atoms with Crippen LogP contribution in [-0.4, -0.2) is 18.5 Å². The lowest BCUT2D eigenvalue weighted by atomic mass is 10.0.